The zero-order valence-electron chi connectivity index (χ0n) is 8.65. The monoisotopic (exact) mass is 220 g/mol. The van der Waals surface area contributed by atoms with Gasteiger partial charge in [0.1, 0.15) is 0 Å². The summed E-state index contributed by atoms with van der Waals surface area (Å²) in [6.07, 6.45) is 0. The minimum atomic E-state index is -0.849. The van der Waals surface area contributed by atoms with Crippen LogP contribution in [0.4, 0.5) is 0 Å². The molecule has 0 fully saturated rings. The third-order valence-electron chi connectivity index (χ3n) is 2.48. The summed E-state index contributed by atoms with van der Waals surface area (Å²) in [6, 6.07) is 5.46. The van der Waals surface area contributed by atoms with Gasteiger partial charge < -0.3 is 5.11 Å². The molecule has 78 valence electrons. The Bertz CT molecular complexity index is 511. The van der Waals surface area contributed by atoms with Gasteiger partial charge in [-0.1, -0.05) is 26.0 Å². The van der Waals surface area contributed by atoms with E-state index < -0.39 is 5.97 Å². The molecule has 0 aliphatic heterocycles. The minimum Gasteiger partial charge on any atom is -0.478 e. The fourth-order valence-electron chi connectivity index (χ4n) is 1.69. The van der Waals surface area contributed by atoms with E-state index in [1.54, 1.807) is 6.07 Å². The van der Waals surface area contributed by atoms with Crippen molar-refractivity contribution in [3.63, 3.8) is 0 Å². The average molecular weight is 220 g/mol. The van der Waals surface area contributed by atoms with Crippen LogP contribution in [0, 0.1) is 0 Å². The third kappa shape index (κ3) is 1.63. The molecule has 2 rings (SSSR count). The molecule has 0 saturated carbocycles. The van der Waals surface area contributed by atoms with Crippen LogP contribution in [-0.2, 0) is 0 Å². The molecule has 0 saturated heterocycles. The number of hydrogen-bond acceptors (Lipinski definition) is 2. The van der Waals surface area contributed by atoms with E-state index >= 15 is 0 Å². The van der Waals surface area contributed by atoms with Crippen molar-refractivity contribution in [3.8, 4) is 0 Å². The van der Waals surface area contributed by atoms with Gasteiger partial charge in [0.2, 0.25) is 0 Å². The van der Waals surface area contributed by atoms with Crippen molar-refractivity contribution in [1.82, 2.24) is 0 Å². The highest BCUT2D eigenvalue weighted by Gasteiger charge is 2.13. The molecular weight excluding hydrogens is 208 g/mol. The number of thiophene rings is 1. The van der Waals surface area contributed by atoms with Crippen LogP contribution in [0.5, 0.6) is 0 Å². The molecule has 0 atom stereocenters. The maximum Gasteiger partial charge on any atom is 0.337 e. The number of hydrogen-bond donors (Lipinski definition) is 1. The van der Waals surface area contributed by atoms with Crippen LogP contribution in [0.25, 0.3) is 10.1 Å². The summed E-state index contributed by atoms with van der Waals surface area (Å²) in [6.45, 7) is 4.24. The van der Waals surface area contributed by atoms with Gasteiger partial charge in [-0.3, -0.25) is 0 Å². The Labute approximate surface area is 92.2 Å². The van der Waals surface area contributed by atoms with Crippen LogP contribution < -0.4 is 0 Å². The Balaban J connectivity index is 2.74. The summed E-state index contributed by atoms with van der Waals surface area (Å²) >= 11 is 1.52. The molecule has 2 nitrogen and oxygen atoms in total. The molecule has 2 aromatic rings. The van der Waals surface area contributed by atoms with Crippen molar-refractivity contribution in [2.75, 3.05) is 0 Å². The quantitative estimate of drug-likeness (QED) is 0.837. The summed E-state index contributed by atoms with van der Waals surface area (Å²) in [5.41, 5.74) is 1.64. The molecule has 0 spiro atoms. The summed E-state index contributed by atoms with van der Waals surface area (Å²) in [5, 5.41) is 12.2. The first kappa shape index (κ1) is 10.2. The van der Waals surface area contributed by atoms with Crippen LogP contribution in [0.2, 0.25) is 0 Å². The molecule has 1 aromatic carbocycles. The van der Waals surface area contributed by atoms with E-state index in [1.807, 2.05) is 12.1 Å². The molecular formula is C12H12O2S. The number of benzene rings is 1. The number of aromatic carboxylic acids is 1. The zero-order valence-corrected chi connectivity index (χ0v) is 9.47. The van der Waals surface area contributed by atoms with E-state index in [9.17, 15) is 4.79 Å². The fourth-order valence-corrected chi connectivity index (χ4v) is 2.93. The van der Waals surface area contributed by atoms with Gasteiger partial charge in [0, 0.05) is 4.70 Å². The summed E-state index contributed by atoms with van der Waals surface area (Å²) in [5.74, 6) is -0.416. The largest absolute Gasteiger partial charge is 0.478 e. The van der Waals surface area contributed by atoms with Crippen molar-refractivity contribution in [2.45, 2.75) is 19.8 Å². The first-order valence-electron chi connectivity index (χ1n) is 4.84. The van der Waals surface area contributed by atoms with Crippen molar-refractivity contribution < 1.29 is 9.90 Å². The molecule has 15 heavy (non-hydrogen) atoms. The highest BCUT2D eigenvalue weighted by molar-refractivity contribution is 7.17. The second-order valence-electron chi connectivity index (χ2n) is 3.83. The maximum absolute atomic E-state index is 11.0. The molecule has 0 radical (unpaired) electrons. The van der Waals surface area contributed by atoms with Crippen LogP contribution in [-0.4, -0.2) is 11.1 Å². The molecule has 0 bridgehead atoms. The van der Waals surface area contributed by atoms with Gasteiger partial charge in [0.05, 0.1) is 5.56 Å². The summed E-state index contributed by atoms with van der Waals surface area (Å²) < 4.78 is 0.883. The van der Waals surface area contributed by atoms with Gasteiger partial charge in [0.15, 0.2) is 0 Å². The lowest BCUT2D eigenvalue weighted by Gasteiger charge is -2.03. The summed E-state index contributed by atoms with van der Waals surface area (Å²) in [7, 11) is 0. The fraction of sp³-hybridized carbons (Fsp3) is 0.250. The van der Waals surface area contributed by atoms with Gasteiger partial charge in [-0.15, -0.1) is 11.3 Å². The van der Waals surface area contributed by atoms with E-state index in [4.69, 9.17) is 5.11 Å². The van der Waals surface area contributed by atoms with Gasteiger partial charge in [-0.25, -0.2) is 4.79 Å². The third-order valence-corrected chi connectivity index (χ3v) is 3.53. The lowest BCUT2D eigenvalue weighted by molar-refractivity contribution is 0.0699. The number of carboxylic acid groups (broad SMARTS) is 1. The van der Waals surface area contributed by atoms with E-state index in [1.165, 1.54) is 16.9 Å². The van der Waals surface area contributed by atoms with Crippen LogP contribution in [0.1, 0.15) is 35.7 Å². The Morgan fingerprint density at radius 1 is 1.40 bits per heavy atom. The minimum absolute atomic E-state index is 0.407. The molecule has 0 aliphatic carbocycles. The Hall–Kier alpha value is -1.35. The van der Waals surface area contributed by atoms with Crippen molar-refractivity contribution >= 4 is 27.4 Å². The van der Waals surface area contributed by atoms with E-state index in [-0.39, 0.29) is 0 Å². The molecule has 1 heterocycles. The van der Waals surface area contributed by atoms with Crippen molar-refractivity contribution in [1.29, 1.82) is 0 Å². The van der Waals surface area contributed by atoms with Crippen LogP contribution in [0.15, 0.2) is 23.6 Å². The molecule has 1 N–H and O–H groups in total. The van der Waals surface area contributed by atoms with Crippen LogP contribution in [0.3, 0.4) is 0 Å². The SMILES string of the molecule is CC(C)c1csc2c(C(=O)O)cccc12. The van der Waals surface area contributed by atoms with E-state index in [0.29, 0.717) is 11.5 Å². The average Bonchev–Trinajstić information content (AvgIpc) is 2.59. The molecule has 3 heteroatoms. The lowest BCUT2D eigenvalue weighted by Crippen LogP contribution is -1.95. The normalized spacial score (nSPS) is 11.1. The predicted molar refractivity (Wildman–Crippen MR) is 62.9 cm³/mol. The highest BCUT2D eigenvalue weighted by atomic mass is 32.1. The number of fused-ring (bicyclic) bond motifs is 1. The lowest BCUT2D eigenvalue weighted by atomic mass is 10.0. The second-order valence-corrected chi connectivity index (χ2v) is 4.71. The van der Waals surface area contributed by atoms with Gasteiger partial charge in [0.25, 0.3) is 0 Å². The van der Waals surface area contributed by atoms with Crippen molar-refractivity contribution in [3.05, 3.63) is 34.7 Å². The Kier molecular flexibility index (Phi) is 2.49. The highest BCUT2D eigenvalue weighted by Crippen LogP contribution is 2.33. The predicted octanol–water partition coefficient (Wildman–Crippen LogP) is 3.72. The molecule has 1 aromatic heterocycles. The number of carboxylic acids is 1. The first-order valence-corrected chi connectivity index (χ1v) is 5.72. The molecule has 0 unspecified atom stereocenters. The van der Waals surface area contributed by atoms with Gasteiger partial charge in [-0.2, -0.15) is 0 Å². The first-order chi connectivity index (χ1) is 7.11. The van der Waals surface area contributed by atoms with E-state index in [0.717, 1.165) is 10.1 Å². The topological polar surface area (TPSA) is 37.3 Å². The Morgan fingerprint density at radius 3 is 2.73 bits per heavy atom. The second kappa shape index (κ2) is 3.66. The van der Waals surface area contributed by atoms with Crippen LogP contribution >= 0.6 is 11.3 Å². The zero-order chi connectivity index (χ0) is 11.0. The number of rotatable bonds is 2. The number of carbonyl (C=O) groups is 1. The summed E-state index contributed by atoms with van der Waals surface area (Å²) in [4.78, 5) is 11.0. The van der Waals surface area contributed by atoms with Gasteiger partial charge >= 0.3 is 5.97 Å². The molecule has 0 aliphatic rings. The van der Waals surface area contributed by atoms with E-state index in [2.05, 4.69) is 19.2 Å². The van der Waals surface area contributed by atoms with Gasteiger partial charge in [-0.05, 0) is 28.3 Å². The van der Waals surface area contributed by atoms with Crippen molar-refractivity contribution in [2.24, 2.45) is 0 Å². The standard InChI is InChI=1S/C12H12O2S/c1-7(2)10-6-15-11-8(10)4-3-5-9(11)12(13)14/h3-7H,1-2H3,(H,13,14). The Morgan fingerprint density at radius 2 is 2.13 bits per heavy atom. The maximum atomic E-state index is 11.0. The smallest absolute Gasteiger partial charge is 0.337 e. The molecule has 0 amide bonds.